The fourth-order valence-electron chi connectivity index (χ4n) is 9.45. The predicted octanol–water partition coefficient (Wildman–Crippen LogP) is 6.41. The molecule has 9 rings (SSSR count). The van der Waals surface area contributed by atoms with E-state index in [-0.39, 0.29) is 29.6 Å². The number of benzene rings is 2. The van der Waals surface area contributed by atoms with Crippen LogP contribution in [0.5, 0.6) is 11.8 Å². The smallest absolute Gasteiger partial charge is 0.319 e. The summed E-state index contributed by atoms with van der Waals surface area (Å²) < 4.78 is 38.2. The molecule has 6 heterocycles. The van der Waals surface area contributed by atoms with Gasteiger partial charge in [0.05, 0.1) is 10.9 Å². The number of piperazine rings is 1. The number of ether oxygens (including phenoxy) is 1. The van der Waals surface area contributed by atoms with Crippen molar-refractivity contribution in [3.8, 4) is 23.0 Å². The number of phenols is 1. The first-order valence-electron chi connectivity index (χ1n) is 16.7. The van der Waals surface area contributed by atoms with Crippen LogP contribution in [0, 0.1) is 11.7 Å². The largest absolute Gasteiger partial charge is 0.508 e. The van der Waals surface area contributed by atoms with Crippen molar-refractivity contribution < 1.29 is 18.6 Å². The number of aromatic hydroxyl groups is 1. The highest BCUT2D eigenvalue weighted by atomic mass is 35.5. The Bertz CT molecular complexity index is 1850. The van der Waals surface area contributed by atoms with Crippen LogP contribution in [0.3, 0.4) is 0 Å². The molecule has 6 atom stereocenters. The molecule has 4 aliphatic heterocycles. The van der Waals surface area contributed by atoms with E-state index in [1.165, 1.54) is 25.3 Å². The number of anilines is 1. The highest BCUT2D eigenvalue weighted by Crippen LogP contribution is 2.51. The topological polar surface area (TPSA) is 86.6 Å². The third-order valence-electron chi connectivity index (χ3n) is 11.3. The number of nitrogens with zero attached hydrogens (tertiary/aromatic N) is 5. The molecule has 1 aliphatic carbocycles. The van der Waals surface area contributed by atoms with Crippen molar-refractivity contribution >= 4 is 39.1 Å². The van der Waals surface area contributed by atoms with E-state index in [0.717, 1.165) is 38.8 Å². The fourth-order valence-corrected chi connectivity index (χ4v) is 9.73. The normalized spacial score (nSPS) is 30.7. The van der Waals surface area contributed by atoms with Gasteiger partial charge in [-0.3, -0.25) is 9.88 Å². The third kappa shape index (κ3) is 4.62. The van der Waals surface area contributed by atoms with Crippen molar-refractivity contribution in [2.45, 2.75) is 81.2 Å². The molecule has 0 spiro atoms. The number of pyridine rings is 1. The Balaban J connectivity index is 1.15. The lowest BCUT2D eigenvalue weighted by atomic mass is 9.81. The average molecular weight is 647 g/mol. The monoisotopic (exact) mass is 646 g/mol. The Hall–Kier alpha value is -3.34. The minimum absolute atomic E-state index is 0.0153. The van der Waals surface area contributed by atoms with Gasteiger partial charge in [-0.1, -0.05) is 36.6 Å². The van der Waals surface area contributed by atoms with Gasteiger partial charge in [0.15, 0.2) is 5.82 Å². The maximum absolute atomic E-state index is 16.8. The maximum Gasteiger partial charge on any atom is 0.319 e. The number of rotatable bonds is 5. The zero-order valence-corrected chi connectivity index (χ0v) is 26.3. The molecule has 2 aromatic heterocycles. The van der Waals surface area contributed by atoms with Crippen LogP contribution in [-0.2, 0) is 0 Å². The van der Waals surface area contributed by atoms with Gasteiger partial charge in [-0.2, -0.15) is 9.97 Å². The summed E-state index contributed by atoms with van der Waals surface area (Å²) in [6.07, 6.45) is 8.95. The second kappa shape index (κ2) is 10.9. The lowest BCUT2D eigenvalue weighted by Crippen LogP contribution is -2.51. The minimum Gasteiger partial charge on any atom is -0.508 e. The highest BCUT2D eigenvalue weighted by Gasteiger charge is 2.57. The SMILES string of the molecule is Oc1cc(-c2ncc3c(N4CC5CCC(C4)N5)nc(OC[C@]45C[C@H](F)CN4[C@H]4CCCC[C@H]4C5)nc3c2F)c2c(Cl)cccc2c1. The molecule has 5 fully saturated rings. The van der Waals surface area contributed by atoms with Crippen molar-refractivity contribution in [1.82, 2.24) is 25.2 Å². The molecule has 1 saturated carbocycles. The van der Waals surface area contributed by atoms with Gasteiger partial charge in [0, 0.05) is 66.3 Å². The molecule has 11 heteroatoms. The molecule has 46 heavy (non-hydrogen) atoms. The summed E-state index contributed by atoms with van der Waals surface area (Å²) in [7, 11) is 0. The van der Waals surface area contributed by atoms with E-state index in [0.29, 0.717) is 69.6 Å². The average Bonchev–Trinajstić information content (AvgIpc) is 3.66. The van der Waals surface area contributed by atoms with Crippen LogP contribution in [-0.4, -0.2) is 81.0 Å². The van der Waals surface area contributed by atoms with Gasteiger partial charge < -0.3 is 20.1 Å². The van der Waals surface area contributed by atoms with Gasteiger partial charge >= 0.3 is 6.01 Å². The number of hydrogen-bond donors (Lipinski definition) is 2. The summed E-state index contributed by atoms with van der Waals surface area (Å²) in [6.45, 7) is 2.19. The number of halogens is 3. The summed E-state index contributed by atoms with van der Waals surface area (Å²) in [5, 5.41) is 16.4. The Morgan fingerprint density at radius 3 is 2.72 bits per heavy atom. The number of nitrogens with one attached hydrogen (secondary N) is 1. The van der Waals surface area contributed by atoms with Crippen molar-refractivity contribution in [2.24, 2.45) is 5.92 Å². The van der Waals surface area contributed by atoms with Crippen LogP contribution in [0.1, 0.15) is 51.4 Å². The Labute approximate surface area is 271 Å². The Morgan fingerprint density at radius 1 is 1.04 bits per heavy atom. The van der Waals surface area contributed by atoms with Crippen LogP contribution in [0.15, 0.2) is 36.5 Å². The molecule has 0 amide bonds. The number of fused-ring (bicyclic) bond motifs is 7. The van der Waals surface area contributed by atoms with E-state index in [1.54, 1.807) is 24.4 Å². The fraction of sp³-hybridized carbons (Fsp3) is 0.514. The van der Waals surface area contributed by atoms with E-state index < -0.39 is 17.5 Å². The molecule has 2 bridgehead atoms. The molecule has 2 aromatic carbocycles. The van der Waals surface area contributed by atoms with Crippen molar-refractivity contribution in [3.63, 3.8) is 0 Å². The molecule has 5 aliphatic rings. The van der Waals surface area contributed by atoms with Crippen LogP contribution >= 0.6 is 11.6 Å². The van der Waals surface area contributed by atoms with Crippen LogP contribution in [0.2, 0.25) is 5.02 Å². The van der Waals surface area contributed by atoms with Gasteiger partial charge in [-0.15, -0.1) is 0 Å². The molecule has 2 unspecified atom stereocenters. The quantitative estimate of drug-likeness (QED) is 0.257. The molecule has 8 nitrogen and oxygen atoms in total. The first-order chi connectivity index (χ1) is 22.3. The van der Waals surface area contributed by atoms with Crippen molar-refractivity contribution in [3.05, 3.63) is 47.4 Å². The summed E-state index contributed by atoms with van der Waals surface area (Å²) in [5.74, 6) is 0.509. The molecule has 4 aromatic rings. The van der Waals surface area contributed by atoms with Crippen molar-refractivity contribution in [1.29, 1.82) is 0 Å². The van der Waals surface area contributed by atoms with E-state index in [2.05, 4.69) is 25.1 Å². The minimum atomic E-state index is -0.883. The van der Waals surface area contributed by atoms with Crippen LogP contribution < -0.4 is 15.0 Å². The zero-order valence-electron chi connectivity index (χ0n) is 25.6. The van der Waals surface area contributed by atoms with E-state index in [9.17, 15) is 9.50 Å². The number of aromatic nitrogens is 3. The first-order valence-corrected chi connectivity index (χ1v) is 17.1. The van der Waals surface area contributed by atoms with Crippen LogP contribution in [0.25, 0.3) is 32.9 Å². The number of alkyl halides is 1. The second-order valence-electron chi connectivity index (χ2n) is 14.2. The van der Waals surface area contributed by atoms with Gasteiger partial charge in [0.1, 0.15) is 35.6 Å². The first kappa shape index (κ1) is 28.8. The second-order valence-corrected chi connectivity index (χ2v) is 14.6. The Kier molecular flexibility index (Phi) is 6.81. The van der Waals surface area contributed by atoms with E-state index >= 15 is 4.39 Å². The summed E-state index contributed by atoms with van der Waals surface area (Å²) in [5.41, 5.74) is 0.123. The molecule has 240 valence electrons. The molecule has 0 radical (unpaired) electrons. The summed E-state index contributed by atoms with van der Waals surface area (Å²) >= 11 is 6.60. The van der Waals surface area contributed by atoms with Crippen molar-refractivity contribution in [2.75, 3.05) is 31.1 Å². The molecule has 4 saturated heterocycles. The van der Waals surface area contributed by atoms with Crippen LogP contribution in [0.4, 0.5) is 14.6 Å². The van der Waals surface area contributed by atoms with E-state index in [1.807, 2.05) is 6.07 Å². The van der Waals surface area contributed by atoms with Gasteiger partial charge in [0.25, 0.3) is 0 Å². The number of phenolic OH excluding ortho intramolecular Hbond substituents is 1. The number of hydrogen-bond acceptors (Lipinski definition) is 8. The lowest BCUT2D eigenvalue weighted by Gasteiger charge is -2.36. The summed E-state index contributed by atoms with van der Waals surface area (Å²) in [6, 6.07) is 9.59. The molecular formula is C35H37ClF2N6O2. The predicted molar refractivity (Wildman–Crippen MR) is 174 cm³/mol. The maximum atomic E-state index is 16.8. The Morgan fingerprint density at radius 2 is 1.87 bits per heavy atom. The van der Waals surface area contributed by atoms with E-state index in [4.69, 9.17) is 21.3 Å². The standard InChI is InChI=1S/C35H37ClF2N6O2/c36-27-6-3-5-19-10-24(45)11-25(29(19)27)31-30(38)32-26(14-39-31)33(43-16-22-8-9-23(17-43)40-22)42-34(41-32)46-18-35-12-20-4-1-2-7-28(20)44(35)15-21(37)13-35/h3,5-6,10-11,14,20-23,28,40,45H,1-2,4,7-9,12-13,15-18H2/t20-,21-,22?,23?,28-,35-/m0/s1. The summed E-state index contributed by atoms with van der Waals surface area (Å²) in [4.78, 5) is 18.7. The third-order valence-corrected chi connectivity index (χ3v) is 11.6. The lowest BCUT2D eigenvalue weighted by molar-refractivity contribution is 0.0775. The molecular weight excluding hydrogens is 610 g/mol. The zero-order chi connectivity index (χ0) is 31.2. The highest BCUT2D eigenvalue weighted by molar-refractivity contribution is 6.36. The molecule has 2 N–H and O–H groups in total. The van der Waals surface area contributed by atoms with Gasteiger partial charge in [-0.25, -0.2) is 8.78 Å². The van der Waals surface area contributed by atoms with Gasteiger partial charge in [-0.05, 0) is 61.6 Å². The van der Waals surface area contributed by atoms with Gasteiger partial charge in [0.2, 0.25) is 0 Å².